The first kappa shape index (κ1) is 14.2. The van der Waals surface area contributed by atoms with Gasteiger partial charge in [0.2, 0.25) is 5.91 Å². The number of aromatic nitrogens is 2. The first-order chi connectivity index (χ1) is 10.2. The van der Waals surface area contributed by atoms with E-state index in [1.165, 1.54) is 0 Å². The van der Waals surface area contributed by atoms with E-state index in [0.29, 0.717) is 13.1 Å². The number of piperazine rings is 1. The SMILES string of the molecule is CCNC(=O)C1CNCCN1c1ncnc2c(C)csc12. The molecule has 1 fully saturated rings. The quantitative estimate of drug-likeness (QED) is 0.882. The summed E-state index contributed by atoms with van der Waals surface area (Å²) in [6, 6.07) is -0.223. The summed E-state index contributed by atoms with van der Waals surface area (Å²) in [5.74, 6) is 0.917. The Morgan fingerprint density at radius 2 is 2.43 bits per heavy atom. The van der Waals surface area contributed by atoms with Crippen molar-refractivity contribution in [2.75, 3.05) is 31.1 Å². The Labute approximate surface area is 127 Å². The minimum atomic E-state index is -0.223. The van der Waals surface area contributed by atoms with E-state index in [-0.39, 0.29) is 11.9 Å². The van der Waals surface area contributed by atoms with Crippen molar-refractivity contribution in [3.8, 4) is 0 Å². The standard InChI is InChI=1S/C14H19N5OS/c1-3-16-14(20)10-6-15-4-5-19(10)13-12-11(17-8-18-13)9(2)7-21-12/h7-8,10,15H,3-6H2,1-2H3,(H,16,20). The molecule has 1 saturated heterocycles. The van der Waals surface area contributed by atoms with Gasteiger partial charge in [0.25, 0.3) is 0 Å². The summed E-state index contributed by atoms with van der Waals surface area (Å²) in [5.41, 5.74) is 2.14. The Balaban J connectivity index is 2.00. The number of rotatable bonds is 3. The summed E-state index contributed by atoms with van der Waals surface area (Å²) in [6.07, 6.45) is 1.59. The smallest absolute Gasteiger partial charge is 0.244 e. The van der Waals surface area contributed by atoms with Crippen LogP contribution in [0.4, 0.5) is 5.82 Å². The van der Waals surface area contributed by atoms with Gasteiger partial charge < -0.3 is 15.5 Å². The maximum absolute atomic E-state index is 12.3. The van der Waals surface area contributed by atoms with Crippen molar-refractivity contribution in [3.05, 3.63) is 17.3 Å². The lowest BCUT2D eigenvalue weighted by atomic mass is 10.1. The molecule has 0 radical (unpaired) electrons. The number of amides is 1. The number of carbonyl (C=O) groups is 1. The third-order valence-electron chi connectivity index (χ3n) is 3.68. The van der Waals surface area contributed by atoms with E-state index in [9.17, 15) is 4.79 Å². The molecule has 0 aromatic carbocycles. The first-order valence-electron chi connectivity index (χ1n) is 7.16. The molecule has 2 aromatic rings. The highest BCUT2D eigenvalue weighted by molar-refractivity contribution is 7.18. The van der Waals surface area contributed by atoms with Crippen molar-refractivity contribution in [2.24, 2.45) is 0 Å². The molecule has 6 nitrogen and oxygen atoms in total. The third-order valence-corrected chi connectivity index (χ3v) is 4.76. The molecule has 0 aliphatic carbocycles. The molecule has 1 amide bonds. The van der Waals surface area contributed by atoms with E-state index < -0.39 is 0 Å². The molecule has 21 heavy (non-hydrogen) atoms. The normalized spacial score (nSPS) is 19.0. The highest BCUT2D eigenvalue weighted by atomic mass is 32.1. The summed E-state index contributed by atoms with van der Waals surface area (Å²) in [5, 5.41) is 8.28. The molecule has 2 N–H and O–H groups in total. The largest absolute Gasteiger partial charge is 0.355 e. The second-order valence-electron chi connectivity index (χ2n) is 5.10. The van der Waals surface area contributed by atoms with Crippen molar-refractivity contribution >= 4 is 33.3 Å². The fourth-order valence-corrected chi connectivity index (χ4v) is 3.65. The molecule has 7 heteroatoms. The Morgan fingerprint density at radius 3 is 3.24 bits per heavy atom. The fourth-order valence-electron chi connectivity index (χ4n) is 2.65. The van der Waals surface area contributed by atoms with Gasteiger partial charge in [-0.1, -0.05) is 0 Å². The van der Waals surface area contributed by atoms with E-state index in [4.69, 9.17) is 0 Å². The molecule has 0 saturated carbocycles. The van der Waals surface area contributed by atoms with Gasteiger partial charge in [-0.05, 0) is 24.8 Å². The number of carbonyl (C=O) groups excluding carboxylic acids is 1. The van der Waals surface area contributed by atoms with E-state index in [0.717, 1.165) is 34.7 Å². The van der Waals surface area contributed by atoms with Crippen LogP contribution in [0.1, 0.15) is 12.5 Å². The lowest BCUT2D eigenvalue weighted by Crippen LogP contribution is -2.58. The number of nitrogens with one attached hydrogen (secondary N) is 2. The molecule has 1 atom stereocenters. The second kappa shape index (κ2) is 5.95. The van der Waals surface area contributed by atoms with Gasteiger partial charge in [0.05, 0.1) is 10.2 Å². The molecule has 3 rings (SSSR count). The zero-order valence-electron chi connectivity index (χ0n) is 12.2. The highest BCUT2D eigenvalue weighted by Gasteiger charge is 2.30. The second-order valence-corrected chi connectivity index (χ2v) is 5.98. The first-order valence-corrected chi connectivity index (χ1v) is 8.04. The molecular weight excluding hydrogens is 286 g/mol. The maximum Gasteiger partial charge on any atom is 0.244 e. The van der Waals surface area contributed by atoms with Gasteiger partial charge in [0.15, 0.2) is 5.82 Å². The van der Waals surface area contributed by atoms with Crippen molar-refractivity contribution in [2.45, 2.75) is 19.9 Å². The molecular formula is C14H19N5OS. The molecule has 1 aliphatic rings. The number of anilines is 1. The van der Waals surface area contributed by atoms with Crippen LogP contribution in [0.5, 0.6) is 0 Å². The van der Waals surface area contributed by atoms with Crippen LogP contribution in [0.2, 0.25) is 0 Å². The summed E-state index contributed by atoms with van der Waals surface area (Å²) >= 11 is 1.64. The molecule has 1 unspecified atom stereocenters. The summed E-state index contributed by atoms with van der Waals surface area (Å²) in [7, 11) is 0. The lowest BCUT2D eigenvalue weighted by Gasteiger charge is -2.36. The fraction of sp³-hybridized carbons (Fsp3) is 0.500. The van der Waals surface area contributed by atoms with Gasteiger partial charge in [0, 0.05) is 26.2 Å². The maximum atomic E-state index is 12.3. The molecule has 3 heterocycles. The van der Waals surface area contributed by atoms with Crippen LogP contribution in [0.15, 0.2) is 11.7 Å². The van der Waals surface area contributed by atoms with Gasteiger partial charge in [0.1, 0.15) is 12.4 Å². The van der Waals surface area contributed by atoms with Crippen LogP contribution in [0, 0.1) is 6.92 Å². The van der Waals surface area contributed by atoms with Crippen LogP contribution in [-0.4, -0.2) is 48.1 Å². The van der Waals surface area contributed by atoms with Gasteiger partial charge in [-0.3, -0.25) is 4.79 Å². The van der Waals surface area contributed by atoms with Crippen molar-refractivity contribution in [1.29, 1.82) is 0 Å². The summed E-state index contributed by atoms with van der Waals surface area (Å²) in [4.78, 5) is 23.2. The van der Waals surface area contributed by atoms with E-state index in [1.54, 1.807) is 17.7 Å². The van der Waals surface area contributed by atoms with Crippen molar-refractivity contribution in [1.82, 2.24) is 20.6 Å². The van der Waals surface area contributed by atoms with E-state index >= 15 is 0 Å². The average molecular weight is 305 g/mol. The molecule has 0 spiro atoms. The highest BCUT2D eigenvalue weighted by Crippen LogP contribution is 2.32. The van der Waals surface area contributed by atoms with E-state index in [2.05, 4.69) is 37.8 Å². The van der Waals surface area contributed by atoms with Crippen LogP contribution in [0.3, 0.4) is 0 Å². The van der Waals surface area contributed by atoms with Crippen LogP contribution in [0.25, 0.3) is 10.2 Å². The number of hydrogen-bond acceptors (Lipinski definition) is 6. The number of nitrogens with zero attached hydrogens (tertiary/aromatic N) is 3. The lowest BCUT2D eigenvalue weighted by molar-refractivity contribution is -0.122. The number of likely N-dealkylation sites (N-methyl/N-ethyl adjacent to an activating group) is 1. The van der Waals surface area contributed by atoms with Crippen LogP contribution >= 0.6 is 11.3 Å². The van der Waals surface area contributed by atoms with Gasteiger partial charge >= 0.3 is 0 Å². The molecule has 112 valence electrons. The monoisotopic (exact) mass is 305 g/mol. The number of aryl methyl sites for hydroxylation is 1. The molecule has 1 aliphatic heterocycles. The Morgan fingerprint density at radius 1 is 1.57 bits per heavy atom. The van der Waals surface area contributed by atoms with Crippen molar-refractivity contribution < 1.29 is 4.79 Å². The summed E-state index contributed by atoms with van der Waals surface area (Å²) < 4.78 is 1.06. The minimum absolute atomic E-state index is 0.0461. The third kappa shape index (κ3) is 2.58. The predicted molar refractivity (Wildman–Crippen MR) is 84.8 cm³/mol. The van der Waals surface area contributed by atoms with Crippen LogP contribution < -0.4 is 15.5 Å². The van der Waals surface area contributed by atoms with Gasteiger partial charge in [-0.15, -0.1) is 11.3 Å². The Bertz CT molecular complexity index is 656. The zero-order valence-corrected chi connectivity index (χ0v) is 13.0. The average Bonchev–Trinajstić information content (AvgIpc) is 2.89. The predicted octanol–water partition coefficient (Wildman–Crippen LogP) is 0.914. The topological polar surface area (TPSA) is 70.2 Å². The molecule has 2 aromatic heterocycles. The molecule has 0 bridgehead atoms. The van der Waals surface area contributed by atoms with E-state index in [1.807, 2.05) is 6.92 Å². The summed E-state index contributed by atoms with van der Waals surface area (Å²) in [6.45, 7) is 6.89. The number of thiophene rings is 1. The Hall–Kier alpha value is -1.73. The van der Waals surface area contributed by atoms with Gasteiger partial charge in [-0.25, -0.2) is 9.97 Å². The number of fused-ring (bicyclic) bond motifs is 1. The Kier molecular flexibility index (Phi) is 4.03. The zero-order chi connectivity index (χ0) is 14.8. The van der Waals surface area contributed by atoms with Crippen molar-refractivity contribution in [3.63, 3.8) is 0 Å². The minimum Gasteiger partial charge on any atom is -0.355 e. The van der Waals surface area contributed by atoms with Crippen LogP contribution in [-0.2, 0) is 4.79 Å². The number of hydrogen-bond donors (Lipinski definition) is 2. The van der Waals surface area contributed by atoms with Gasteiger partial charge in [-0.2, -0.15) is 0 Å².